The minimum Gasteiger partial charge on any atom is -0.481 e. The molecule has 1 fully saturated rings. The fourth-order valence-electron chi connectivity index (χ4n) is 2.20. The summed E-state index contributed by atoms with van der Waals surface area (Å²) >= 11 is 0. The first kappa shape index (κ1) is 15.8. The Morgan fingerprint density at radius 1 is 1.47 bits per heavy atom. The number of hydrogen-bond donors (Lipinski definition) is 2. The molecule has 2 amide bonds. The predicted octanol–water partition coefficient (Wildman–Crippen LogP) is 1.31. The maximum absolute atomic E-state index is 12.0. The van der Waals surface area contributed by atoms with Crippen LogP contribution in [0.25, 0.3) is 0 Å². The first-order valence-electron chi connectivity index (χ1n) is 6.84. The normalized spacial score (nSPS) is 19.5. The molecule has 6 heteroatoms. The molecule has 1 heterocycles. The number of carbonyl (C=O) groups is 2. The Kier molecular flexibility index (Phi) is 6.62. The van der Waals surface area contributed by atoms with Crippen LogP contribution in [-0.2, 0) is 9.53 Å². The van der Waals surface area contributed by atoms with E-state index in [2.05, 4.69) is 19.2 Å². The summed E-state index contributed by atoms with van der Waals surface area (Å²) in [6, 6.07) is 0.00700. The molecule has 0 aromatic rings. The van der Waals surface area contributed by atoms with Gasteiger partial charge in [0.1, 0.15) is 0 Å². The molecule has 2 N–H and O–H groups in total. The smallest absolute Gasteiger partial charge is 0.317 e. The number of nitrogens with one attached hydrogen (secondary N) is 1. The largest absolute Gasteiger partial charge is 0.481 e. The Hall–Kier alpha value is -1.30. The van der Waals surface area contributed by atoms with Crippen molar-refractivity contribution in [1.82, 2.24) is 10.2 Å². The van der Waals surface area contributed by atoms with E-state index in [-0.39, 0.29) is 18.5 Å². The molecule has 1 rings (SSSR count). The first-order chi connectivity index (χ1) is 9.00. The lowest BCUT2D eigenvalue weighted by molar-refractivity contribution is -0.137. The lowest BCUT2D eigenvalue weighted by Gasteiger charge is -2.36. The summed E-state index contributed by atoms with van der Waals surface area (Å²) in [5.74, 6) is -0.327. The fourth-order valence-corrected chi connectivity index (χ4v) is 2.20. The molecular formula is C13H24N2O4. The van der Waals surface area contributed by atoms with Gasteiger partial charge in [-0.3, -0.25) is 4.79 Å². The van der Waals surface area contributed by atoms with Crippen LogP contribution in [0.5, 0.6) is 0 Å². The van der Waals surface area contributed by atoms with Crippen molar-refractivity contribution in [2.24, 2.45) is 5.92 Å². The molecule has 1 atom stereocenters. The zero-order valence-corrected chi connectivity index (χ0v) is 11.7. The van der Waals surface area contributed by atoms with Crippen LogP contribution in [0, 0.1) is 5.92 Å². The van der Waals surface area contributed by atoms with Crippen LogP contribution in [-0.4, -0.2) is 54.4 Å². The molecule has 0 radical (unpaired) electrons. The number of morpholine rings is 1. The molecule has 1 unspecified atom stereocenters. The van der Waals surface area contributed by atoms with Gasteiger partial charge >= 0.3 is 12.0 Å². The second kappa shape index (κ2) is 7.99. The van der Waals surface area contributed by atoms with E-state index in [1.807, 2.05) is 4.90 Å². The van der Waals surface area contributed by atoms with Crippen LogP contribution in [0.3, 0.4) is 0 Å². The van der Waals surface area contributed by atoms with E-state index >= 15 is 0 Å². The number of carboxylic acid groups (broad SMARTS) is 1. The van der Waals surface area contributed by atoms with Gasteiger partial charge in [-0.25, -0.2) is 4.79 Å². The molecular weight excluding hydrogens is 248 g/mol. The topological polar surface area (TPSA) is 78.9 Å². The maximum atomic E-state index is 12.0. The van der Waals surface area contributed by atoms with E-state index < -0.39 is 5.97 Å². The highest BCUT2D eigenvalue weighted by atomic mass is 16.5. The lowest BCUT2D eigenvalue weighted by atomic mass is 10.0. The van der Waals surface area contributed by atoms with E-state index in [0.29, 0.717) is 38.6 Å². The number of urea groups is 1. The molecule has 0 bridgehead atoms. The number of carboxylic acids is 1. The van der Waals surface area contributed by atoms with Gasteiger partial charge in [0.25, 0.3) is 0 Å². The SMILES string of the molecule is CC(C)CC1COCCN1C(=O)NCCCC(=O)O. The summed E-state index contributed by atoms with van der Waals surface area (Å²) in [6.07, 6.45) is 1.46. The summed E-state index contributed by atoms with van der Waals surface area (Å²) < 4.78 is 5.42. The van der Waals surface area contributed by atoms with Crippen LogP contribution in [0.4, 0.5) is 4.79 Å². The summed E-state index contributed by atoms with van der Waals surface area (Å²) in [5, 5.41) is 11.3. The molecule has 6 nitrogen and oxygen atoms in total. The quantitative estimate of drug-likeness (QED) is 0.714. The highest BCUT2D eigenvalue weighted by molar-refractivity contribution is 5.74. The van der Waals surface area contributed by atoms with Crippen molar-refractivity contribution >= 4 is 12.0 Å². The van der Waals surface area contributed by atoms with Gasteiger partial charge < -0.3 is 20.1 Å². The highest BCUT2D eigenvalue weighted by Gasteiger charge is 2.27. The van der Waals surface area contributed by atoms with Gasteiger partial charge in [0, 0.05) is 19.5 Å². The molecule has 110 valence electrons. The summed E-state index contributed by atoms with van der Waals surface area (Å²) in [4.78, 5) is 24.2. The third-order valence-corrected chi connectivity index (χ3v) is 3.08. The number of aliphatic carboxylic acids is 1. The van der Waals surface area contributed by atoms with Gasteiger partial charge in [-0.15, -0.1) is 0 Å². The Bertz CT molecular complexity index is 307. The standard InChI is InChI=1S/C13H24N2O4/c1-10(2)8-11-9-19-7-6-15(11)13(18)14-5-3-4-12(16)17/h10-11H,3-9H2,1-2H3,(H,14,18)(H,16,17). The van der Waals surface area contributed by atoms with E-state index in [9.17, 15) is 9.59 Å². The summed E-state index contributed by atoms with van der Waals surface area (Å²) in [5.41, 5.74) is 0. The Labute approximate surface area is 114 Å². The number of carbonyl (C=O) groups excluding carboxylic acids is 1. The minimum absolute atomic E-state index is 0.0822. The van der Waals surface area contributed by atoms with Gasteiger partial charge in [0.2, 0.25) is 0 Å². The molecule has 19 heavy (non-hydrogen) atoms. The molecule has 0 spiro atoms. The number of rotatable bonds is 6. The van der Waals surface area contributed by atoms with Crippen LogP contribution in [0.15, 0.2) is 0 Å². The number of ether oxygens (including phenoxy) is 1. The minimum atomic E-state index is -0.835. The van der Waals surface area contributed by atoms with E-state index in [4.69, 9.17) is 9.84 Å². The average molecular weight is 272 g/mol. The van der Waals surface area contributed by atoms with Gasteiger partial charge in [0.05, 0.1) is 19.3 Å². The van der Waals surface area contributed by atoms with Crippen LogP contribution < -0.4 is 5.32 Å². The third kappa shape index (κ3) is 5.92. The van der Waals surface area contributed by atoms with Gasteiger partial charge in [0.15, 0.2) is 0 Å². The lowest BCUT2D eigenvalue weighted by Crippen LogP contribution is -2.53. The number of hydrogen-bond acceptors (Lipinski definition) is 3. The second-order valence-corrected chi connectivity index (χ2v) is 5.28. The summed E-state index contributed by atoms with van der Waals surface area (Å²) in [6.45, 7) is 6.39. The molecule has 1 aliphatic rings. The molecule has 0 aliphatic carbocycles. The third-order valence-electron chi connectivity index (χ3n) is 3.08. The Morgan fingerprint density at radius 2 is 2.21 bits per heavy atom. The maximum Gasteiger partial charge on any atom is 0.317 e. The van der Waals surface area contributed by atoms with Gasteiger partial charge in [-0.2, -0.15) is 0 Å². The second-order valence-electron chi connectivity index (χ2n) is 5.28. The number of amides is 2. The zero-order chi connectivity index (χ0) is 14.3. The predicted molar refractivity (Wildman–Crippen MR) is 71.0 cm³/mol. The van der Waals surface area contributed by atoms with Crippen molar-refractivity contribution in [1.29, 1.82) is 0 Å². The van der Waals surface area contributed by atoms with Crippen molar-refractivity contribution in [3.05, 3.63) is 0 Å². The summed E-state index contributed by atoms with van der Waals surface area (Å²) in [7, 11) is 0. The first-order valence-corrected chi connectivity index (χ1v) is 6.84. The van der Waals surface area contributed by atoms with Gasteiger partial charge in [-0.05, 0) is 18.8 Å². The molecule has 0 saturated carbocycles. The molecule has 1 saturated heterocycles. The highest BCUT2D eigenvalue weighted by Crippen LogP contribution is 2.15. The van der Waals surface area contributed by atoms with Crippen molar-refractivity contribution in [3.63, 3.8) is 0 Å². The van der Waals surface area contributed by atoms with E-state index in [1.54, 1.807) is 0 Å². The van der Waals surface area contributed by atoms with Crippen molar-refractivity contribution in [2.45, 2.75) is 39.2 Å². The molecule has 1 aliphatic heterocycles. The molecule has 0 aromatic carbocycles. The Morgan fingerprint density at radius 3 is 2.84 bits per heavy atom. The van der Waals surface area contributed by atoms with Crippen LogP contribution in [0.2, 0.25) is 0 Å². The Balaban J connectivity index is 2.36. The fraction of sp³-hybridized carbons (Fsp3) is 0.846. The average Bonchev–Trinajstić information content (AvgIpc) is 2.34. The van der Waals surface area contributed by atoms with Crippen LogP contribution >= 0.6 is 0 Å². The van der Waals surface area contributed by atoms with E-state index in [0.717, 1.165) is 6.42 Å². The van der Waals surface area contributed by atoms with E-state index in [1.165, 1.54) is 0 Å². The van der Waals surface area contributed by atoms with Crippen molar-refractivity contribution in [2.75, 3.05) is 26.3 Å². The molecule has 0 aromatic heterocycles. The number of nitrogens with zero attached hydrogens (tertiary/aromatic N) is 1. The van der Waals surface area contributed by atoms with Crippen LogP contribution in [0.1, 0.15) is 33.1 Å². The zero-order valence-electron chi connectivity index (χ0n) is 11.7. The van der Waals surface area contributed by atoms with Crippen molar-refractivity contribution in [3.8, 4) is 0 Å². The monoisotopic (exact) mass is 272 g/mol. The van der Waals surface area contributed by atoms with Gasteiger partial charge in [-0.1, -0.05) is 13.8 Å². The van der Waals surface area contributed by atoms with Crippen molar-refractivity contribution < 1.29 is 19.4 Å².